The summed E-state index contributed by atoms with van der Waals surface area (Å²) < 4.78 is 26.8. The van der Waals surface area contributed by atoms with Gasteiger partial charge in [0.25, 0.3) is 0 Å². The number of hydrogen-bond donors (Lipinski definition) is 0. The molecule has 0 aliphatic carbocycles. The predicted molar refractivity (Wildman–Crippen MR) is 27.5 cm³/mol. The van der Waals surface area contributed by atoms with Gasteiger partial charge >= 0.3 is 6.61 Å². The SMILES string of the molecule is FC(F)Oc1[c]nncc1. The van der Waals surface area contributed by atoms with Gasteiger partial charge in [0.1, 0.15) is 0 Å². The lowest BCUT2D eigenvalue weighted by molar-refractivity contribution is -0.0503. The molecular formula is C5H3F2N2O. The minimum atomic E-state index is -2.83. The Balaban J connectivity index is 2.59. The zero-order valence-electron chi connectivity index (χ0n) is 4.79. The predicted octanol–water partition coefficient (Wildman–Crippen LogP) is 0.878. The van der Waals surface area contributed by atoms with Crippen LogP contribution in [0.25, 0.3) is 0 Å². The second-order valence-electron chi connectivity index (χ2n) is 1.39. The first-order valence-corrected chi connectivity index (χ1v) is 2.43. The lowest BCUT2D eigenvalue weighted by Crippen LogP contribution is -2.02. The van der Waals surface area contributed by atoms with Gasteiger partial charge in [-0.25, -0.2) is 0 Å². The first kappa shape index (κ1) is 6.85. The van der Waals surface area contributed by atoms with Crippen molar-refractivity contribution in [1.29, 1.82) is 0 Å². The Bertz CT molecular complexity index is 192. The highest BCUT2D eigenvalue weighted by Crippen LogP contribution is 2.07. The molecule has 1 heterocycles. The van der Waals surface area contributed by atoms with Gasteiger partial charge in [-0.15, -0.1) is 5.10 Å². The number of hydrogen-bond acceptors (Lipinski definition) is 3. The monoisotopic (exact) mass is 145 g/mol. The van der Waals surface area contributed by atoms with Crippen LogP contribution in [0.1, 0.15) is 0 Å². The molecule has 0 spiro atoms. The Morgan fingerprint density at radius 3 is 2.90 bits per heavy atom. The van der Waals surface area contributed by atoms with Gasteiger partial charge in [-0.1, -0.05) is 0 Å². The zero-order valence-corrected chi connectivity index (χ0v) is 4.79. The minimum absolute atomic E-state index is 0.106. The van der Waals surface area contributed by atoms with E-state index in [0.29, 0.717) is 0 Å². The molecule has 1 radical (unpaired) electrons. The Kier molecular flexibility index (Phi) is 2.09. The molecule has 0 saturated carbocycles. The maximum atomic E-state index is 11.4. The summed E-state index contributed by atoms with van der Waals surface area (Å²) in [4.78, 5) is 0. The summed E-state index contributed by atoms with van der Waals surface area (Å²) in [5.74, 6) is -0.106. The third kappa shape index (κ3) is 1.93. The van der Waals surface area contributed by atoms with Gasteiger partial charge in [0.2, 0.25) is 0 Å². The largest absolute Gasteiger partial charge is 0.432 e. The molecule has 1 aromatic rings. The molecule has 3 nitrogen and oxygen atoms in total. The molecule has 0 aliphatic heterocycles. The Morgan fingerprint density at radius 1 is 1.60 bits per heavy atom. The molecule has 10 heavy (non-hydrogen) atoms. The van der Waals surface area contributed by atoms with E-state index in [1.165, 1.54) is 12.3 Å². The van der Waals surface area contributed by atoms with Crippen LogP contribution in [0.4, 0.5) is 8.78 Å². The third-order valence-corrected chi connectivity index (χ3v) is 0.727. The van der Waals surface area contributed by atoms with E-state index < -0.39 is 6.61 Å². The van der Waals surface area contributed by atoms with Gasteiger partial charge in [0, 0.05) is 6.07 Å². The smallest absolute Gasteiger partial charge is 0.387 e. The van der Waals surface area contributed by atoms with Crippen molar-refractivity contribution in [3.05, 3.63) is 18.5 Å². The van der Waals surface area contributed by atoms with Gasteiger partial charge in [-0.3, -0.25) is 0 Å². The number of rotatable bonds is 2. The molecule has 0 bridgehead atoms. The van der Waals surface area contributed by atoms with Crippen molar-refractivity contribution < 1.29 is 13.5 Å². The fourth-order valence-electron chi connectivity index (χ4n) is 0.411. The normalized spacial score (nSPS) is 9.90. The van der Waals surface area contributed by atoms with Gasteiger partial charge in [0.15, 0.2) is 11.9 Å². The molecule has 0 fully saturated rings. The van der Waals surface area contributed by atoms with Crippen LogP contribution in [0.3, 0.4) is 0 Å². The first-order chi connectivity index (χ1) is 4.79. The highest BCUT2D eigenvalue weighted by molar-refractivity contribution is 5.10. The summed E-state index contributed by atoms with van der Waals surface area (Å²) in [6, 6.07) is 1.25. The molecule has 5 heteroatoms. The quantitative estimate of drug-likeness (QED) is 0.619. The molecule has 0 aromatic carbocycles. The summed E-state index contributed by atoms with van der Waals surface area (Å²) in [5, 5.41) is 6.53. The molecule has 53 valence electrons. The number of nitrogens with zero attached hydrogens (tertiary/aromatic N) is 2. The standard InChI is InChI=1S/C5H3F2N2O/c6-5(7)10-4-1-2-8-9-3-4/h1-2,5H. The van der Waals surface area contributed by atoms with E-state index in [0.717, 1.165) is 0 Å². The number of halogens is 2. The van der Waals surface area contributed by atoms with Crippen LogP contribution in [0.5, 0.6) is 5.75 Å². The van der Waals surface area contributed by atoms with Crippen LogP contribution in [0, 0.1) is 6.20 Å². The molecule has 1 aromatic heterocycles. The summed E-state index contributed by atoms with van der Waals surface area (Å²) in [6.07, 6.45) is 3.38. The van der Waals surface area contributed by atoms with Crippen molar-refractivity contribution in [2.45, 2.75) is 6.61 Å². The molecular weight excluding hydrogens is 142 g/mol. The molecule has 0 atom stereocenters. The zero-order chi connectivity index (χ0) is 7.40. The van der Waals surface area contributed by atoms with Crippen LogP contribution in [-0.2, 0) is 0 Å². The summed E-state index contributed by atoms with van der Waals surface area (Å²) in [7, 11) is 0. The van der Waals surface area contributed by atoms with E-state index in [4.69, 9.17) is 0 Å². The van der Waals surface area contributed by atoms with Crippen molar-refractivity contribution in [2.75, 3.05) is 0 Å². The fraction of sp³-hybridized carbons (Fsp3) is 0.200. The third-order valence-electron chi connectivity index (χ3n) is 0.727. The van der Waals surface area contributed by atoms with E-state index in [2.05, 4.69) is 21.1 Å². The van der Waals surface area contributed by atoms with Crippen molar-refractivity contribution in [3.63, 3.8) is 0 Å². The van der Waals surface area contributed by atoms with E-state index in [-0.39, 0.29) is 5.75 Å². The summed E-state index contributed by atoms with van der Waals surface area (Å²) >= 11 is 0. The number of alkyl halides is 2. The maximum absolute atomic E-state index is 11.4. The molecule has 0 unspecified atom stereocenters. The summed E-state index contributed by atoms with van der Waals surface area (Å²) in [6.45, 7) is -2.83. The highest BCUT2D eigenvalue weighted by Gasteiger charge is 2.02. The molecule has 0 saturated heterocycles. The average molecular weight is 145 g/mol. The first-order valence-electron chi connectivity index (χ1n) is 2.43. The number of aromatic nitrogens is 2. The number of ether oxygens (including phenoxy) is 1. The lowest BCUT2D eigenvalue weighted by atomic mass is 10.5. The lowest BCUT2D eigenvalue weighted by Gasteiger charge is -1.99. The van der Waals surface area contributed by atoms with Crippen LogP contribution in [-0.4, -0.2) is 16.8 Å². The van der Waals surface area contributed by atoms with E-state index in [1.54, 1.807) is 0 Å². The van der Waals surface area contributed by atoms with Crippen LogP contribution in [0.2, 0.25) is 0 Å². The minimum Gasteiger partial charge on any atom is -0.432 e. The topological polar surface area (TPSA) is 35.0 Å². The van der Waals surface area contributed by atoms with Crippen LogP contribution >= 0.6 is 0 Å². The average Bonchev–Trinajstić information content (AvgIpc) is 1.88. The van der Waals surface area contributed by atoms with Gasteiger partial charge in [-0.2, -0.15) is 13.9 Å². The Labute approximate surface area is 55.6 Å². The van der Waals surface area contributed by atoms with Gasteiger partial charge < -0.3 is 4.74 Å². The van der Waals surface area contributed by atoms with E-state index in [1.807, 2.05) is 0 Å². The van der Waals surface area contributed by atoms with E-state index >= 15 is 0 Å². The fourth-order valence-corrected chi connectivity index (χ4v) is 0.411. The van der Waals surface area contributed by atoms with Crippen LogP contribution < -0.4 is 4.74 Å². The summed E-state index contributed by atoms with van der Waals surface area (Å²) in [5.41, 5.74) is 0. The molecule has 1 rings (SSSR count). The second kappa shape index (κ2) is 3.05. The highest BCUT2D eigenvalue weighted by atomic mass is 19.3. The van der Waals surface area contributed by atoms with Crippen LogP contribution in [0.15, 0.2) is 12.3 Å². The maximum Gasteiger partial charge on any atom is 0.387 e. The van der Waals surface area contributed by atoms with Crippen molar-refractivity contribution in [3.8, 4) is 5.75 Å². The van der Waals surface area contributed by atoms with Crippen molar-refractivity contribution >= 4 is 0 Å². The van der Waals surface area contributed by atoms with E-state index in [9.17, 15) is 8.78 Å². The Morgan fingerprint density at radius 2 is 2.40 bits per heavy atom. The molecule has 0 N–H and O–H groups in total. The van der Waals surface area contributed by atoms with Gasteiger partial charge in [-0.05, 0) is 0 Å². The molecule has 0 amide bonds. The molecule has 0 aliphatic rings. The van der Waals surface area contributed by atoms with Crippen molar-refractivity contribution in [2.24, 2.45) is 0 Å². The van der Waals surface area contributed by atoms with Crippen molar-refractivity contribution in [1.82, 2.24) is 10.2 Å². The van der Waals surface area contributed by atoms with Gasteiger partial charge in [0.05, 0.1) is 6.20 Å². The Hall–Kier alpha value is -1.26. The second-order valence-corrected chi connectivity index (χ2v) is 1.39.